The number of para-hydroxylation sites is 1. The van der Waals surface area contributed by atoms with E-state index in [2.05, 4.69) is 10.6 Å². The Hall–Kier alpha value is -3.40. The molecule has 1 heterocycles. The molecule has 0 spiro atoms. The fraction of sp³-hybridized carbons (Fsp3) is 0.348. The Morgan fingerprint density at radius 1 is 1.06 bits per heavy atom. The number of hydrogen-bond acceptors (Lipinski definition) is 4. The van der Waals surface area contributed by atoms with Crippen LogP contribution in [0, 0.1) is 0 Å². The molecule has 7 nitrogen and oxygen atoms in total. The topological polar surface area (TPSA) is 105 Å². The van der Waals surface area contributed by atoms with Crippen LogP contribution in [0.5, 0.6) is 0 Å². The van der Waals surface area contributed by atoms with E-state index in [0.29, 0.717) is 11.3 Å². The minimum absolute atomic E-state index is 0.374. The molecule has 0 aliphatic carbocycles. The fourth-order valence-electron chi connectivity index (χ4n) is 3.68. The molecular formula is C23H25F3N4O3. The Morgan fingerprint density at radius 3 is 2.33 bits per heavy atom. The van der Waals surface area contributed by atoms with Crippen LogP contribution >= 0.6 is 0 Å². The number of anilines is 1. The summed E-state index contributed by atoms with van der Waals surface area (Å²) in [5.74, 6) is -1.92. The molecule has 0 saturated heterocycles. The summed E-state index contributed by atoms with van der Waals surface area (Å²) in [4.78, 5) is 39.6. The second kappa shape index (κ2) is 9.62. The van der Waals surface area contributed by atoms with Gasteiger partial charge in [-0.15, -0.1) is 0 Å². The first-order chi connectivity index (χ1) is 15.5. The summed E-state index contributed by atoms with van der Waals surface area (Å²) in [5, 5.41) is 4.98. The number of nitrogens with two attached hydrogens (primary N) is 1. The standard InChI is InChI=1S/C23H25F3N4O3/c1-13(28-21(32)17(27)11-12-23(24,25)26)20(31)29-19-16-9-4-3-7-14(16)15-8-5-6-10-18(15)30(2)22(19)33/h3-10,13,17,19H,11-12,27H2,1-2H3,(H,28,32)(H,29,31)/t13-,17?,19-/m0/s1. The number of carbonyl (C=O) groups excluding carboxylic acids is 3. The lowest BCUT2D eigenvalue weighted by atomic mass is 9.95. The quantitative estimate of drug-likeness (QED) is 0.614. The number of halogens is 3. The molecule has 10 heteroatoms. The van der Waals surface area contributed by atoms with Gasteiger partial charge in [-0.1, -0.05) is 42.5 Å². The van der Waals surface area contributed by atoms with Crippen molar-refractivity contribution in [1.82, 2.24) is 10.6 Å². The Kier molecular flexibility index (Phi) is 7.06. The van der Waals surface area contributed by atoms with Gasteiger partial charge in [-0.25, -0.2) is 0 Å². The number of likely N-dealkylation sites (N-methyl/N-ethyl adjacent to an activating group) is 1. The largest absolute Gasteiger partial charge is 0.389 e. The van der Waals surface area contributed by atoms with Crippen LogP contribution < -0.4 is 21.3 Å². The second-order valence-electron chi connectivity index (χ2n) is 7.93. The first-order valence-electron chi connectivity index (χ1n) is 10.4. The number of amides is 3. The molecule has 4 N–H and O–H groups in total. The second-order valence-corrected chi connectivity index (χ2v) is 7.93. The van der Waals surface area contributed by atoms with E-state index in [9.17, 15) is 27.6 Å². The summed E-state index contributed by atoms with van der Waals surface area (Å²) in [7, 11) is 1.61. The smallest absolute Gasteiger partial charge is 0.343 e. The summed E-state index contributed by atoms with van der Waals surface area (Å²) in [5.41, 5.74) is 8.41. The van der Waals surface area contributed by atoms with Crippen molar-refractivity contribution in [3.05, 3.63) is 54.1 Å². The van der Waals surface area contributed by atoms with Gasteiger partial charge in [-0.2, -0.15) is 13.2 Å². The van der Waals surface area contributed by atoms with Gasteiger partial charge in [0, 0.05) is 19.0 Å². The van der Waals surface area contributed by atoms with Crippen molar-refractivity contribution in [3.8, 4) is 11.1 Å². The highest BCUT2D eigenvalue weighted by Gasteiger charge is 2.34. The molecule has 3 atom stereocenters. The molecule has 2 aromatic rings. The van der Waals surface area contributed by atoms with Crippen molar-refractivity contribution in [3.63, 3.8) is 0 Å². The van der Waals surface area contributed by atoms with Crippen molar-refractivity contribution < 1.29 is 27.6 Å². The van der Waals surface area contributed by atoms with Crippen LogP contribution in [0.1, 0.15) is 31.4 Å². The van der Waals surface area contributed by atoms with Gasteiger partial charge < -0.3 is 21.3 Å². The number of nitrogens with one attached hydrogen (secondary N) is 2. The molecule has 1 aliphatic rings. The van der Waals surface area contributed by atoms with E-state index >= 15 is 0 Å². The van der Waals surface area contributed by atoms with Crippen LogP contribution in [-0.2, 0) is 14.4 Å². The third-order valence-corrected chi connectivity index (χ3v) is 5.52. The molecule has 0 saturated carbocycles. The predicted molar refractivity (Wildman–Crippen MR) is 117 cm³/mol. The maximum Gasteiger partial charge on any atom is 0.389 e. The molecular weight excluding hydrogens is 437 g/mol. The molecule has 1 aliphatic heterocycles. The summed E-state index contributed by atoms with van der Waals surface area (Å²) in [6.07, 6.45) is -6.23. The number of hydrogen-bond donors (Lipinski definition) is 3. The lowest BCUT2D eigenvalue weighted by molar-refractivity contribution is -0.139. The maximum atomic E-state index is 13.2. The molecule has 0 radical (unpaired) electrons. The zero-order valence-corrected chi connectivity index (χ0v) is 18.1. The van der Waals surface area contributed by atoms with E-state index in [1.54, 1.807) is 25.2 Å². The van der Waals surface area contributed by atoms with E-state index in [1.165, 1.54) is 11.8 Å². The van der Waals surface area contributed by atoms with Crippen molar-refractivity contribution in [1.29, 1.82) is 0 Å². The van der Waals surface area contributed by atoms with E-state index in [-0.39, 0.29) is 5.91 Å². The van der Waals surface area contributed by atoms with E-state index < -0.39 is 49.0 Å². The SMILES string of the molecule is C[C@H](NC(=O)C(N)CCC(F)(F)F)C(=O)N[C@@H]1C(=O)N(C)c2ccccc2-c2ccccc21. The summed E-state index contributed by atoms with van der Waals surface area (Å²) in [6, 6.07) is 11.0. The Balaban J connectivity index is 1.76. The van der Waals surface area contributed by atoms with Gasteiger partial charge in [-0.05, 0) is 30.5 Å². The van der Waals surface area contributed by atoms with Gasteiger partial charge in [0.05, 0.1) is 11.7 Å². The molecule has 1 unspecified atom stereocenters. The van der Waals surface area contributed by atoms with E-state index in [1.807, 2.05) is 30.3 Å². The first kappa shape index (κ1) is 24.2. The van der Waals surface area contributed by atoms with Crippen LogP contribution in [0.25, 0.3) is 11.1 Å². The minimum Gasteiger partial charge on any atom is -0.343 e. The van der Waals surface area contributed by atoms with Gasteiger partial charge in [0.25, 0.3) is 5.91 Å². The van der Waals surface area contributed by atoms with Crippen LogP contribution in [0.2, 0.25) is 0 Å². The van der Waals surface area contributed by atoms with Crippen molar-refractivity contribution in [2.24, 2.45) is 5.73 Å². The first-order valence-corrected chi connectivity index (χ1v) is 10.4. The lowest BCUT2D eigenvalue weighted by Gasteiger charge is -2.25. The van der Waals surface area contributed by atoms with Crippen molar-refractivity contribution in [2.45, 2.75) is 44.1 Å². The highest BCUT2D eigenvalue weighted by Crippen LogP contribution is 2.39. The van der Waals surface area contributed by atoms with Crippen LogP contribution in [-0.4, -0.2) is 43.0 Å². The third kappa shape index (κ3) is 5.51. The average molecular weight is 462 g/mol. The van der Waals surface area contributed by atoms with Gasteiger partial charge in [0.15, 0.2) is 0 Å². The van der Waals surface area contributed by atoms with Crippen LogP contribution in [0.3, 0.4) is 0 Å². The number of carbonyl (C=O) groups is 3. The van der Waals surface area contributed by atoms with E-state index in [4.69, 9.17) is 5.73 Å². The molecule has 3 amide bonds. The average Bonchev–Trinajstić information content (AvgIpc) is 2.86. The number of nitrogens with zero attached hydrogens (tertiary/aromatic N) is 1. The van der Waals surface area contributed by atoms with Gasteiger partial charge in [-0.3, -0.25) is 14.4 Å². The van der Waals surface area contributed by atoms with Gasteiger partial charge >= 0.3 is 6.18 Å². The molecule has 0 bridgehead atoms. The highest BCUT2D eigenvalue weighted by atomic mass is 19.4. The Morgan fingerprint density at radius 2 is 1.67 bits per heavy atom. The molecule has 0 fully saturated rings. The zero-order chi connectivity index (χ0) is 24.3. The lowest BCUT2D eigenvalue weighted by Crippen LogP contribution is -2.52. The number of fused-ring (bicyclic) bond motifs is 3. The van der Waals surface area contributed by atoms with Crippen LogP contribution in [0.15, 0.2) is 48.5 Å². The minimum atomic E-state index is -4.43. The molecule has 33 heavy (non-hydrogen) atoms. The molecule has 2 aromatic carbocycles. The van der Waals surface area contributed by atoms with E-state index in [0.717, 1.165) is 11.1 Å². The maximum absolute atomic E-state index is 13.2. The summed E-state index contributed by atoms with van der Waals surface area (Å²) >= 11 is 0. The fourth-order valence-corrected chi connectivity index (χ4v) is 3.68. The van der Waals surface area contributed by atoms with Gasteiger partial charge in [0.2, 0.25) is 11.8 Å². The summed E-state index contributed by atoms with van der Waals surface area (Å²) < 4.78 is 37.1. The summed E-state index contributed by atoms with van der Waals surface area (Å²) in [6.45, 7) is 1.37. The Bertz CT molecular complexity index is 1060. The van der Waals surface area contributed by atoms with Gasteiger partial charge in [0.1, 0.15) is 12.1 Å². The number of rotatable bonds is 6. The number of benzene rings is 2. The highest BCUT2D eigenvalue weighted by molar-refractivity contribution is 6.06. The van der Waals surface area contributed by atoms with Crippen LogP contribution in [0.4, 0.5) is 18.9 Å². The van der Waals surface area contributed by atoms with Crippen molar-refractivity contribution in [2.75, 3.05) is 11.9 Å². The van der Waals surface area contributed by atoms with Crippen molar-refractivity contribution >= 4 is 23.4 Å². The monoisotopic (exact) mass is 462 g/mol. The Labute approximate surface area is 189 Å². The normalized spacial score (nSPS) is 17.3. The predicted octanol–water partition coefficient (Wildman–Crippen LogP) is 2.66. The molecule has 0 aromatic heterocycles. The zero-order valence-electron chi connectivity index (χ0n) is 18.1. The molecule has 3 rings (SSSR count). The number of alkyl halides is 3. The third-order valence-electron chi connectivity index (χ3n) is 5.52. The molecule has 176 valence electrons.